The van der Waals surface area contributed by atoms with Crippen LogP contribution < -0.4 is 10.1 Å². The second-order valence-electron chi connectivity index (χ2n) is 4.62. The van der Waals surface area contributed by atoms with Crippen molar-refractivity contribution < 1.29 is 9.53 Å². The molecule has 0 saturated heterocycles. The first kappa shape index (κ1) is 14.6. The van der Waals surface area contributed by atoms with Crippen molar-refractivity contribution in [2.24, 2.45) is 0 Å². The van der Waals surface area contributed by atoms with E-state index in [4.69, 9.17) is 10.00 Å². The highest BCUT2D eigenvalue weighted by atomic mass is 16.5. The predicted octanol–water partition coefficient (Wildman–Crippen LogP) is 2.81. The molecule has 0 saturated carbocycles. The van der Waals surface area contributed by atoms with E-state index in [0.717, 1.165) is 5.56 Å². The SMILES string of the molecule is C[C@@H](NC(=O)COc1ccc(C#N)cc1)c1ccccc1. The van der Waals surface area contributed by atoms with Gasteiger partial charge in [0.1, 0.15) is 5.75 Å². The Bertz CT molecular complexity index is 630. The Morgan fingerprint density at radius 2 is 1.86 bits per heavy atom. The predicted molar refractivity (Wildman–Crippen MR) is 79.7 cm³/mol. The van der Waals surface area contributed by atoms with Crippen LogP contribution in [0.3, 0.4) is 0 Å². The second-order valence-corrected chi connectivity index (χ2v) is 4.62. The number of nitriles is 1. The maximum atomic E-state index is 11.8. The molecule has 0 aromatic heterocycles. The summed E-state index contributed by atoms with van der Waals surface area (Å²) in [6.45, 7) is 1.87. The highest BCUT2D eigenvalue weighted by Gasteiger charge is 2.09. The summed E-state index contributed by atoms with van der Waals surface area (Å²) < 4.78 is 5.38. The van der Waals surface area contributed by atoms with Crippen molar-refractivity contribution in [3.63, 3.8) is 0 Å². The molecule has 4 nitrogen and oxygen atoms in total. The summed E-state index contributed by atoms with van der Waals surface area (Å²) in [6.07, 6.45) is 0. The average Bonchev–Trinajstić information content (AvgIpc) is 2.54. The Balaban J connectivity index is 1.83. The quantitative estimate of drug-likeness (QED) is 0.916. The van der Waals surface area contributed by atoms with E-state index in [0.29, 0.717) is 11.3 Å². The van der Waals surface area contributed by atoms with Crippen LogP contribution in [-0.2, 0) is 4.79 Å². The number of benzene rings is 2. The molecule has 2 aromatic carbocycles. The zero-order chi connectivity index (χ0) is 15.1. The van der Waals surface area contributed by atoms with Crippen LogP contribution in [-0.4, -0.2) is 12.5 Å². The first-order chi connectivity index (χ1) is 10.2. The molecule has 106 valence electrons. The third-order valence-electron chi connectivity index (χ3n) is 3.03. The van der Waals surface area contributed by atoms with Crippen molar-refractivity contribution in [3.8, 4) is 11.8 Å². The molecule has 1 atom stereocenters. The zero-order valence-electron chi connectivity index (χ0n) is 11.7. The second kappa shape index (κ2) is 7.11. The van der Waals surface area contributed by atoms with Gasteiger partial charge in [-0.25, -0.2) is 0 Å². The number of amides is 1. The topological polar surface area (TPSA) is 62.1 Å². The van der Waals surface area contributed by atoms with Crippen molar-refractivity contribution in [1.82, 2.24) is 5.32 Å². The fourth-order valence-electron chi connectivity index (χ4n) is 1.88. The Kier molecular flexibility index (Phi) is 4.94. The molecule has 1 N–H and O–H groups in total. The number of carbonyl (C=O) groups excluding carboxylic acids is 1. The molecule has 0 spiro atoms. The molecule has 4 heteroatoms. The summed E-state index contributed by atoms with van der Waals surface area (Å²) in [7, 11) is 0. The normalized spacial score (nSPS) is 11.2. The minimum Gasteiger partial charge on any atom is -0.484 e. The monoisotopic (exact) mass is 280 g/mol. The van der Waals surface area contributed by atoms with Gasteiger partial charge in [-0.05, 0) is 36.8 Å². The van der Waals surface area contributed by atoms with Crippen LogP contribution in [0.5, 0.6) is 5.75 Å². The smallest absolute Gasteiger partial charge is 0.258 e. The van der Waals surface area contributed by atoms with Gasteiger partial charge in [0.25, 0.3) is 5.91 Å². The molecule has 0 bridgehead atoms. The summed E-state index contributed by atoms with van der Waals surface area (Å²) in [5.41, 5.74) is 1.61. The first-order valence-electron chi connectivity index (χ1n) is 6.66. The summed E-state index contributed by atoms with van der Waals surface area (Å²) in [6, 6.07) is 18.4. The van der Waals surface area contributed by atoms with Crippen LogP contribution >= 0.6 is 0 Å². The van der Waals surface area contributed by atoms with E-state index in [9.17, 15) is 4.79 Å². The molecular formula is C17H16N2O2. The molecule has 0 unspecified atom stereocenters. The van der Waals surface area contributed by atoms with E-state index in [2.05, 4.69) is 5.32 Å². The minimum absolute atomic E-state index is 0.0525. The minimum atomic E-state index is -0.185. The lowest BCUT2D eigenvalue weighted by molar-refractivity contribution is -0.123. The van der Waals surface area contributed by atoms with Gasteiger partial charge in [-0.1, -0.05) is 30.3 Å². The lowest BCUT2D eigenvalue weighted by Crippen LogP contribution is -2.31. The summed E-state index contributed by atoms with van der Waals surface area (Å²) in [4.78, 5) is 11.8. The maximum absolute atomic E-state index is 11.8. The molecule has 2 rings (SSSR count). The maximum Gasteiger partial charge on any atom is 0.258 e. The van der Waals surface area contributed by atoms with E-state index in [-0.39, 0.29) is 18.6 Å². The van der Waals surface area contributed by atoms with Gasteiger partial charge in [0.05, 0.1) is 17.7 Å². The lowest BCUT2D eigenvalue weighted by atomic mass is 10.1. The fourth-order valence-corrected chi connectivity index (χ4v) is 1.88. The number of rotatable bonds is 5. The van der Waals surface area contributed by atoms with Crippen LogP contribution in [0.1, 0.15) is 24.1 Å². The van der Waals surface area contributed by atoms with E-state index < -0.39 is 0 Å². The summed E-state index contributed by atoms with van der Waals surface area (Å²) >= 11 is 0. The standard InChI is InChI=1S/C17H16N2O2/c1-13(15-5-3-2-4-6-15)19-17(20)12-21-16-9-7-14(11-18)8-10-16/h2-10,13H,12H2,1H3,(H,19,20)/t13-/m1/s1. The van der Waals surface area contributed by atoms with Gasteiger partial charge in [0.2, 0.25) is 0 Å². The van der Waals surface area contributed by atoms with E-state index in [1.807, 2.05) is 43.3 Å². The third kappa shape index (κ3) is 4.36. The number of ether oxygens (including phenoxy) is 1. The van der Waals surface area contributed by atoms with Gasteiger partial charge in [-0.2, -0.15) is 5.26 Å². The van der Waals surface area contributed by atoms with Crippen molar-refractivity contribution in [2.45, 2.75) is 13.0 Å². The summed E-state index contributed by atoms with van der Waals surface area (Å²) in [5.74, 6) is 0.382. The summed E-state index contributed by atoms with van der Waals surface area (Å²) in [5, 5.41) is 11.6. The van der Waals surface area contributed by atoms with E-state index in [1.165, 1.54) is 0 Å². The average molecular weight is 280 g/mol. The van der Waals surface area contributed by atoms with Crippen LogP contribution in [0.2, 0.25) is 0 Å². The number of nitrogens with one attached hydrogen (secondary N) is 1. The van der Waals surface area contributed by atoms with Gasteiger partial charge in [0, 0.05) is 0 Å². The largest absolute Gasteiger partial charge is 0.484 e. The Hall–Kier alpha value is -2.80. The third-order valence-corrected chi connectivity index (χ3v) is 3.03. The van der Waals surface area contributed by atoms with Gasteiger partial charge in [-0.15, -0.1) is 0 Å². The van der Waals surface area contributed by atoms with Crippen molar-refractivity contribution in [3.05, 3.63) is 65.7 Å². The van der Waals surface area contributed by atoms with Crippen LogP contribution in [0.15, 0.2) is 54.6 Å². The number of hydrogen-bond acceptors (Lipinski definition) is 3. The zero-order valence-corrected chi connectivity index (χ0v) is 11.7. The van der Waals surface area contributed by atoms with Gasteiger partial charge < -0.3 is 10.1 Å². The highest BCUT2D eigenvalue weighted by molar-refractivity contribution is 5.78. The Labute approximate surface area is 124 Å². The number of carbonyl (C=O) groups is 1. The molecule has 0 heterocycles. The molecular weight excluding hydrogens is 264 g/mol. The molecule has 0 fully saturated rings. The van der Waals surface area contributed by atoms with E-state index >= 15 is 0 Å². The Morgan fingerprint density at radius 3 is 2.48 bits per heavy atom. The molecule has 0 radical (unpaired) electrons. The van der Waals surface area contributed by atoms with Gasteiger partial charge >= 0.3 is 0 Å². The number of nitrogens with zero attached hydrogens (tertiary/aromatic N) is 1. The number of hydrogen-bond donors (Lipinski definition) is 1. The molecule has 21 heavy (non-hydrogen) atoms. The molecule has 0 aliphatic rings. The first-order valence-corrected chi connectivity index (χ1v) is 6.66. The van der Waals surface area contributed by atoms with Gasteiger partial charge in [-0.3, -0.25) is 4.79 Å². The fraction of sp³-hybridized carbons (Fsp3) is 0.176. The Morgan fingerprint density at radius 1 is 1.19 bits per heavy atom. The van der Waals surface area contributed by atoms with Crippen LogP contribution in [0, 0.1) is 11.3 Å². The lowest BCUT2D eigenvalue weighted by Gasteiger charge is -2.14. The van der Waals surface area contributed by atoms with Crippen molar-refractivity contribution in [1.29, 1.82) is 5.26 Å². The highest BCUT2D eigenvalue weighted by Crippen LogP contribution is 2.13. The van der Waals surface area contributed by atoms with Gasteiger partial charge in [0.15, 0.2) is 6.61 Å². The van der Waals surface area contributed by atoms with Crippen molar-refractivity contribution >= 4 is 5.91 Å². The molecule has 1 amide bonds. The van der Waals surface area contributed by atoms with Crippen LogP contribution in [0.4, 0.5) is 0 Å². The molecule has 0 aliphatic heterocycles. The van der Waals surface area contributed by atoms with Crippen LogP contribution in [0.25, 0.3) is 0 Å². The van der Waals surface area contributed by atoms with E-state index in [1.54, 1.807) is 24.3 Å². The van der Waals surface area contributed by atoms with Crippen molar-refractivity contribution in [2.75, 3.05) is 6.61 Å². The molecule has 0 aliphatic carbocycles. The molecule has 2 aromatic rings.